The molecule has 34 valence electrons. The smallest absolute Gasteiger partial charge is 0.0487 e. The Hall–Kier alpha value is -0.500. The van der Waals surface area contributed by atoms with E-state index in [0.29, 0.717) is 0 Å². The fraction of sp³-hybridized carbons (Fsp3) is 0. The minimum atomic E-state index is 0. The summed E-state index contributed by atoms with van der Waals surface area (Å²) in [5.74, 6) is 0. The lowest BCUT2D eigenvalue weighted by molar-refractivity contribution is 1.09. The monoisotopic (exact) mass is 104 g/mol. The number of H-pyrrole nitrogens is 1. The van der Waals surface area contributed by atoms with Crippen molar-refractivity contribution >= 4 is 12.4 Å². The van der Waals surface area contributed by atoms with E-state index in [0.717, 1.165) is 0 Å². The van der Waals surface area contributed by atoms with E-state index in [1.807, 2.05) is 6.07 Å². The lowest BCUT2D eigenvalue weighted by Crippen LogP contribution is -1.53. The average molecular weight is 105 g/mol. The largest absolute Gasteiger partial charge is 0.286 e. The Morgan fingerprint density at radius 2 is 2.33 bits per heavy atom. The molecule has 0 fully saturated rings. The number of nitrogens with zero attached hydrogens (tertiary/aromatic N) is 1. The molecule has 0 saturated heterocycles. The zero-order valence-corrected chi connectivity index (χ0v) is 3.90. The molecule has 1 aromatic rings. The normalized spacial score (nSPS) is 6.67. The summed E-state index contributed by atoms with van der Waals surface area (Å²) in [6.07, 6.45) is 3.46. The van der Waals surface area contributed by atoms with Gasteiger partial charge in [0.05, 0.1) is 0 Å². The van der Waals surface area contributed by atoms with Gasteiger partial charge in [-0.2, -0.15) is 5.10 Å². The van der Waals surface area contributed by atoms with Crippen LogP contribution in [0.5, 0.6) is 0 Å². The third-order valence-electron chi connectivity index (χ3n) is 0.406. The van der Waals surface area contributed by atoms with Gasteiger partial charge in [-0.25, -0.2) is 0 Å². The molecule has 0 spiro atoms. The van der Waals surface area contributed by atoms with Crippen LogP contribution in [0.3, 0.4) is 0 Å². The molecular formula is C3H5ClN2. The predicted molar refractivity (Wildman–Crippen MR) is 25.8 cm³/mol. The first kappa shape index (κ1) is 5.50. The molecule has 0 saturated carbocycles. The Kier molecular flexibility index (Phi) is 2.50. The van der Waals surface area contributed by atoms with Crippen molar-refractivity contribution in [3.05, 3.63) is 18.5 Å². The van der Waals surface area contributed by atoms with Gasteiger partial charge in [-0.15, -0.1) is 12.4 Å². The number of aromatic nitrogens is 2. The summed E-state index contributed by atoms with van der Waals surface area (Å²) in [6, 6.07) is 1.83. The van der Waals surface area contributed by atoms with Crippen LogP contribution in [0.25, 0.3) is 0 Å². The maximum absolute atomic E-state index is 3.60. The first-order valence-electron chi connectivity index (χ1n) is 1.44. The van der Waals surface area contributed by atoms with Crippen molar-refractivity contribution in [1.29, 1.82) is 0 Å². The number of nitrogens with one attached hydrogen (secondary N) is 1. The molecule has 0 aliphatic rings. The Labute approximate surface area is 42.0 Å². The van der Waals surface area contributed by atoms with E-state index < -0.39 is 0 Å². The second-order valence-corrected chi connectivity index (χ2v) is 0.766. The van der Waals surface area contributed by atoms with Gasteiger partial charge < -0.3 is 0 Å². The van der Waals surface area contributed by atoms with Gasteiger partial charge in [0.25, 0.3) is 0 Å². The fourth-order valence-electron chi connectivity index (χ4n) is 0.215. The van der Waals surface area contributed by atoms with Crippen LogP contribution in [0.2, 0.25) is 0 Å². The molecule has 0 aromatic carbocycles. The molecule has 1 N–H and O–H groups in total. The molecule has 2 nitrogen and oxygen atoms in total. The van der Waals surface area contributed by atoms with E-state index in [-0.39, 0.29) is 12.4 Å². The molecule has 0 unspecified atom stereocenters. The predicted octanol–water partition coefficient (Wildman–Crippen LogP) is 0.831. The summed E-state index contributed by atoms with van der Waals surface area (Å²) in [5, 5.41) is 6.21. The highest BCUT2D eigenvalue weighted by Crippen LogP contribution is 1.64. The van der Waals surface area contributed by atoms with E-state index in [9.17, 15) is 0 Å². The summed E-state index contributed by atoms with van der Waals surface area (Å²) < 4.78 is 0. The van der Waals surface area contributed by atoms with Gasteiger partial charge in [-0.05, 0) is 6.07 Å². The molecule has 0 radical (unpaired) electrons. The molecule has 3 heteroatoms. The van der Waals surface area contributed by atoms with Gasteiger partial charge >= 0.3 is 0 Å². The van der Waals surface area contributed by atoms with Crippen molar-refractivity contribution in [1.82, 2.24) is 10.2 Å². The van der Waals surface area contributed by atoms with E-state index in [1.54, 1.807) is 12.4 Å². The van der Waals surface area contributed by atoms with E-state index in [4.69, 9.17) is 0 Å². The Morgan fingerprint density at radius 3 is 2.50 bits per heavy atom. The molecule has 0 aliphatic heterocycles. The lowest BCUT2D eigenvalue weighted by atomic mass is 10.8. The van der Waals surface area contributed by atoms with Crippen LogP contribution in [0, 0.1) is 0 Å². The zero-order valence-electron chi connectivity index (χ0n) is 3.09. The highest BCUT2D eigenvalue weighted by Gasteiger charge is 1.56. The summed E-state index contributed by atoms with van der Waals surface area (Å²) >= 11 is 0. The fourth-order valence-corrected chi connectivity index (χ4v) is 0.215. The maximum Gasteiger partial charge on any atom is 0.0487 e. The van der Waals surface area contributed by atoms with E-state index >= 15 is 0 Å². The van der Waals surface area contributed by atoms with Gasteiger partial charge in [0.15, 0.2) is 0 Å². The van der Waals surface area contributed by atoms with Crippen molar-refractivity contribution in [2.24, 2.45) is 0 Å². The lowest BCUT2D eigenvalue weighted by Gasteiger charge is -1.49. The van der Waals surface area contributed by atoms with Gasteiger partial charge in [0, 0.05) is 12.4 Å². The van der Waals surface area contributed by atoms with Crippen LogP contribution in [0.4, 0.5) is 0 Å². The van der Waals surface area contributed by atoms with Crippen molar-refractivity contribution in [3.8, 4) is 0 Å². The van der Waals surface area contributed by atoms with Crippen molar-refractivity contribution in [2.75, 3.05) is 0 Å². The Morgan fingerprint density at radius 1 is 1.50 bits per heavy atom. The minimum Gasteiger partial charge on any atom is -0.286 e. The third-order valence-corrected chi connectivity index (χ3v) is 0.406. The van der Waals surface area contributed by atoms with Crippen LogP contribution < -0.4 is 0 Å². The van der Waals surface area contributed by atoms with Crippen LogP contribution in [-0.2, 0) is 0 Å². The van der Waals surface area contributed by atoms with E-state index in [1.165, 1.54) is 0 Å². The molecule has 0 bridgehead atoms. The van der Waals surface area contributed by atoms with Crippen molar-refractivity contribution in [3.63, 3.8) is 0 Å². The number of aromatic amines is 1. The first-order chi connectivity index (χ1) is 2.50. The second-order valence-electron chi connectivity index (χ2n) is 0.766. The minimum absolute atomic E-state index is 0. The van der Waals surface area contributed by atoms with Crippen molar-refractivity contribution in [2.45, 2.75) is 0 Å². The van der Waals surface area contributed by atoms with Crippen molar-refractivity contribution < 1.29 is 0 Å². The standard InChI is InChI=1S/C3H4N2.ClH/c1-2-4-5-3-1;/h1-3H,(H,4,5);1H. The summed E-state index contributed by atoms with van der Waals surface area (Å²) in [4.78, 5) is 0. The number of halogens is 1. The Bertz CT molecular complexity index is 65.3. The molecule has 0 amide bonds. The van der Waals surface area contributed by atoms with Gasteiger partial charge in [-0.3, -0.25) is 5.10 Å². The quantitative estimate of drug-likeness (QED) is 0.519. The average Bonchev–Trinajstić information content (AvgIpc) is 1.76. The first-order valence-corrected chi connectivity index (χ1v) is 1.44. The number of rotatable bonds is 0. The third kappa shape index (κ3) is 1.08. The van der Waals surface area contributed by atoms with Crippen LogP contribution >= 0.6 is 12.4 Å². The van der Waals surface area contributed by atoms with Crippen LogP contribution in [-0.4, -0.2) is 10.2 Å². The van der Waals surface area contributed by atoms with E-state index in [2.05, 4.69) is 10.2 Å². The highest BCUT2D eigenvalue weighted by atomic mass is 35.5. The van der Waals surface area contributed by atoms with Gasteiger partial charge in [-0.1, -0.05) is 0 Å². The van der Waals surface area contributed by atoms with Gasteiger partial charge in [0.1, 0.15) is 0 Å². The van der Waals surface area contributed by atoms with Gasteiger partial charge in [0.2, 0.25) is 0 Å². The van der Waals surface area contributed by atoms with Crippen LogP contribution in [0.1, 0.15) is 0 Å². The molecule has 1 rings (SSSR count). The summed E-state index contributed by atoms with van der Waals surface area (Å²) in [6.45, 7) is 0. The number of hydrogen-bond acceptors (Lipinski definition) is 1. The second kappa shape index (κ2) is 2.72. The SMILES string of the molecule is Cl.c1cn[nH]c1. The maximum atomic E-state index is 3.60. The zero-order chi connectivity index (χ0) is 3.54. The molecule has 1 aromatic heterocycles. The summed E-state index contributed by atoms with van der Waals surface area (Å²) in [7, 11) is 0. The molecule has 6 heavy (non-hydrogen) atoms. The molecular weight excluding hydrogens is 99.5 g/mol. The molecule has 0 aliphatic carbocycles. The Balaban J connectivity index is 0.000000250. The van der Waals surface area contributed by atoms with Crippen LogP contribution in [0.15, 0.2) is 18.5 Å². The highest BCUT2D eigenvalue weighted by molar-refractivity contribution is 5.85. The summed E-state index contributed by atoms with van der Waals surface area (Å²) in [5.41, 5.74) is 0. The topological polar surface area (TPSA) is 28.7 Å². The molecule has 0 atom stereocenters. The molecule has 1 heterocycles. The number of hydrogen-bond donors (Lipinski definition) is 1.